The summed E-state index contributed by atoms with van der Waals surface area (Å²) in [4.78, 5) is 22.9. The molecule has 2 rings (SSSR count). The highest BCUT2D eigenvalue weighted by Crippen LogP contribution is 2.24. The predicted molar refractivity (Wildman–Crippen MR) is 97.6 cm³/mol. The second-order valence-corrected chi connectivity index (χ2v) is 8.46. The van der Waals surface area contributed by atoms with Crippen LogP contribution in [0.5, 0.6) is 0 Å². The van der Waals surface area contributed by atoms with Gasteiger partial charge in [-0.05, 0) is 50.3 Å². The minimum atomic E-state index is -3.60. The molecular weight excluding hydrogens is 356 g/mol. The number of nitrogens with one attached hydrogen (secondary N) is 1. The van der Waals surface area contributed by atoms with Crippen LogP contribution in [-0.4, -0.2) is 49.3 Å². The van der Waals surface area contributed by atoms with E-state index in [1.54, 1.807) is 19.1 Å². The largest absolute Gasteiger partial charge is 0.481 e. The first-order valence-electron chi connectivity index (χ1n) is 8.93. The van der Waals surface area contributed by atoms with E-state index in [9.17, 15) is 18.0 Å². The number of hydrogen-bond acceptors (Lipinski definition) is 4. The van der Waals surface area contributed by atoms with Crippen LogP contribution in [0.2, 0.25) is 0 Å². The van der Waals surface area contributed by atoms with E-state index in [4.69, 9.17) is 5.11 Å². The van der Waals surface area contributed by atoms with Gasteiger partial charge in [-0.1, -0.05) is 12.5 Å². The zero-order valence-electron chi connectivity index (χ0n) is 15.0. The number of benzene rings is 1. The lowest BCUT2D eigenvalue weighted by Gasteiger charge is -2.26. The summed E-state index contributed by atoms with van der Waals surface area (Å²) in [5, 5.41) is 11.3. The molecular formula is C18H26N2O5S. The van der Waals surface area contributed by atoms with Gasteiger partial charge in [-0.2, -0.15) is 4.31 Å². The van der Waals surface area contributed by atoms with E-state index < -0.39 is 16.0 Å². The number of sulfonamides is 1. The van der Waals surface area contributed by atoms with Crippen LogP contribution in [0, 0.1) is 6.92 Å². The zero-order chi connectivity index (χ0) is 19.2. The first kappa shape index (κ1) is 20.4. The smallest absolute Gasteiger partial charge is 0.303 e. The standard InChI is InChI=1S/C18H26N2O5S/c1-14-8-9-15(18(23)19-10-4-3-7-17(21)22)13-16(14)26(24,25)20-11-5-2-6-12-20/h8-9,13H,2-7,10-12H2,1H3,(H,19,23)(H,21,22). The Morgan fingerprint density at radius 3 is 2.50 bits per heavy atom. The number of piperidine rings is 1. The van der Waals surface area contributed by atoms with Crippen molar-refractivity contribution < 1.29 is 23.1 Å². The van der Waals surface area contributed by atoms with Crippen molar-refractivity contribution in [2.45, 2.75) is 50.3 Å². The van der Waals surface area contributed by atoms with Crippen molar-refractivity contribution in [2.75, 3.05) is 19.6 Å². The van der Waals surface area contributed by atoms with Gasteiger partial charge in [-0.25, -0.2) is 8.42 Å². The maximum atomic E-state index is 12.9. The lowest BCUT2D eigenvalue weighted by Crippen LogP contribution is -2.36. The Bertz CT molecular complexity index is 755. The third-order valence-corrected chi connectivity index (χ3v) is 6.53. The molecule has 0 atom stereocenters. The van der Waals surface area contributed by atoms with Crippen molar-refractivity contribution >= 4 is 21.9 Å². The lowest BCUT2D eigenvalue weighted by atomic mass is 10.1. The van der Waals surface area contributed by atoms with Crippen LogP contribution in [0.1, 0.15) is 54.4 Å². The number of aryl methyl sites for hydroxylation is 1. The lowest BCUT2D eigenvalue weighted by molar-refractivity contribution is -0.137. The number of carboxylic acids is 1. The van der Waals surface area contributed by atoms with Gasteiger partial charge in [0.25, 0.3) is 5.91 Å². The zero-order valence-corrected chi connectivity index (χ0v) is 15.8. The Morgan fingerprint density at radius 2 is 1.85 bits per heavy atom. The molecule has 0 unspecified atom stereocenters. The minimum Gasteiger partial charge on any atom is -0.481 e. The predicted octanol–water partition coefficient (Wildman–Crippen LogP) is 2.15. The second-order valence-electron chi connectivity index (χ2n) is 6.55. The van der Waals surface area contributed by atoms with Crippen LogP contribution in [0.4, 0.5) is 0 Å². The topological polar surface area (TPSA) is 104 Å². The molecule has 144 valence electrons. The van der Waals surface area contributed by atoms with Crippen molar-refractivity contribution in [3.63, 3.8) is 0 Å². The van der Waals surface area contributed by atoms with E-state index in [1.165, 1.54) is 10.4 Å². The number of carbonyl (C=O) groups is 2. The number of carbonyl (C=O) groups excluding carboxylic acids is 1. The first-order chi connectivity index (χ1) is 12.3. The van der Waals surface area contributed by atoms with Gasteiger partial charge < -0.3 is 10.4 Å². The molecule has 26 heavy (non-hydrogen) atoms. The van der Waals surface area contributed by atoms with Crippen molar-refractivity contribution in [2.24, 2.45) is 0 Å². The maximum Gasteiger partial charge on any atom is 0.303 e. The average molecular weight is 382 g/mol. The van der Waals surface area contributed by atoms with Gasteiger partial charge in [0.05, 0.1) is 4.90 Å². The Hall–Kier alpha value is -1.93. The molecule has 0 aliphatic carbocycles. The number of unbranched alkanes of at least 4 members (excludes halogenated alkanes) is 1. The summed E-state index contributed by atoms with van der Waals surface area (Å²) in [6, 6.07) is 4.69. The molecule has 1 amide bonds. The second kappa shape index (κ2) is 9.14. The minimum absolute atomic E-state index is 0.0681. The van der Waals surface area contributed by atoms with Crippen LogP contribution in [-0.2, 0) is 14.8 Å². The highest BCUT2D eigenvalue weighted by atomic mass is 32.2. The van der Waals surface area contributed by atoms with Crippen LogP contribution < -0.4 is 5.32 Å². The number of nitrogens with zero attached hydrogens (tertiary/aromatic N) is 1. The molecule has 0 spiro atoms. The first-order valence-corrected chi connectivity index (χ1v) is 10.4. The highest BCUT2D eigenvalue weighted by molar-refractivity contribution is 7.89. The number of carboxylic acid groups (broad SMARTS) is 1. The summed E-state index contributed by atoms with van der Waals surface area (Å²) >= 11 is 0. The molecule has 0 saturated carbocycles. The highest BCUT2D eigenvalue weighted by Gasteiger charge is 2.28. The molecule has 1 aliphatic rings. The van der Waals surface area contributed by atoms with Gasteiger partial charge in [0.1, 0.15) is 0 Å². The molecule has 2 N–H and O–H groups in total. The van der Waals surface area contributed by atoms with E-state index in [0.717, 1.165) is 19.3 Å². The molecule has 1 saturated heterocycles. The SMILES string of the molecule is Cc1ccc(C(=O)NCCCCC(=O)O)cc1S(=O)(=O)N1CCCCC1. The Morgan fingerprint density at radius 1 is 1.15 bits per heavy atom. The molecule has 1 aliphatic heterocycles. The molecule has 1 aromatic rings. The molecule has 1 fully saturated rings. The van der Waals surface area contributed by atoms with Gasteiger partial charge in [0.2, 0.25) is 10.0 Å². The summed E-state index contributed by atoms with van der Waals surface area (Å²) in [6.45, 7) is 3.11. The molecule has 7 nitrogen and oxygen atoms in total. The van der Waals surface area contributed by atoms with E-state index in [2.05, 4.69) is 5.32 Å². The molecule has 0 aromatic heterocycles. The van der Waals surface area contributed by atoms with Crippen molar-refractivity contribution in [3.05, 3.63) is 29.3 Å². The van der Waals surface area contributed by atoms with Gasteiger partial charge >= 0.3 is 5.97 Å². The van der Waals surface area contributed by atoms with Crippen molar-refractivity contribution in [1.29, 1.82) is 0 Å². The molecule has 8 heteroatoms. The van der Waals surface area contributed by atoms with E-state index in [1.807, 2.05) is 0 Å². The van der Waals surface area contributed by atoms with E-state index in [0.29, 0.717) is 43.6 Å². The molecule has 0 radical (unpaired) electrons. The molecule has 0 bridgehead atoms. The maximum absolute atomic E-state index is 12.9. The summed E-state index contributed by atoms with van der Waals surface area (Å²) in [7, 11) is -3.60. The van der Waals surface area contributed by atoms with Crippen molar-refractivity contribution in [3.8, 4) is 0 Å². The van der Waals surface area contributed by atoms with E-state index >= 15 is 0 Å². The Balaban J connectivity index is 2.06. The van der Waals surface area contributed by atoms with Crippen LogP contribution in [0.25, 0.3) is 0 Å². The van der Waals surface area contributed by atoms with Crippen LogP contribution >= 0.6 is 0 Å². The van der Waals surface area contributed by atoms with Crippen LogP contribution in [0.15, 0.2) is 23.1 Å². The van der Waals surface area contributed by atoms with Gasteiger partial charge in [0, 0.05) is 31.6 Å². The fraction of sp³-hybridized carbons (Fsp3) is 0.556. The Labute approximate surface area is 154 Å². The van der Waals surface area contributed by atoms with Gasteiger partial charge in [-0.3, -0.25) is 9.59 Å². The van der Waals surface area contributed by atoms with Crippen LogP contribution in [0.3, 0.4) is 0 Å². The summed E-state index contributed by atoms with van der Waals surface area (Å²) in [6.07, 6.45) is 3.86. The normalized spacial score (nSPS) is 15.6. The monoisotopic (exact) mass is 382 g/mol. The average Bonchev–Trinajstić information content (AvgIpc) is 2.62. The molecule has 1 aromatic carbocycles. The number of rotatable bonds is 8. The molecule has 1 heterocycles. The van der Waals surface area contributed by atoms with E-state index in [-0.39, 0.29) is 17.2 Å². The number of amides is 1. The number of aliphatic carboxylic acids is 1. The fourth-order valence-corrected chi connectivity index (χ4v) is 4.74. The summed E-state index contributed by atoms with van der Waals surface area (Å²) in [5.74, 6) is -1.21. The third-order valence-electron chi connectivity index (χ3n) is 4.49. The number of hydrogen-bond donors (Lipinski definition) is 2. The quantitative estimate of drug-likeness (QED) is 0.671. The van der Waals surface area contributed by atoms with Gasteiger partial charge in [-0.15, -0.1) is 0 Å². The Kier molecular flexibility index (Phi) is 7.16. The summed E-state index contributed by atoms with van der Waals surface area (Å²) in [5.41, 5.74) is 0.915. The fourth-order valence-electron chi connectivity index (χ4n) is 2.97. The third kappa shape index (κ3) is 5.28. The van der Waals surface area contributed by atoms with Gasteiger partial charge in [0.15, 0.2) is 0 Å². The van der Waals surface area contributed by atoms with Crippen molar-refractivity contribution in [1.82, 2.24) is 9.62 Å². The summed E-state index contributed by atoms with van der Waals surface area (Å²) < 4.78 is 27.3.